The maximum absolute atomic E-state index is 12.2. The number of methoxy groups -OCH3 is 1. The fourth-order valence-electron chi connectivity index (χ4n) is 1.59. The van der Waals surface area contributed by atoms with Crippen molar-refractivity contribution in [2.45, 2.75) is 6.92 Å². The summed E-state index contributed by atoms with van der Waals surface area (Å²) in [6.45, 7) is 1.83. The van der Waals surface area contributed by atoms with Crippen molar-refractivity contribution in [3.8, 4) is 0 Å². The number of ether oxygens (including phenoxy) is 1. The molecule has 1 aromatic rings. The highest BCUT2D eigenvalue weighted by atomic mass is 32.2. The number of sulfonamides is 1. The van der Waals surface area contributed by atoms with E-state index in [0.29, 0.717) is 0 Å². The van der Waals surface area contributed by atoms with E-state index in [-0.39, 0.29) is 19.7 Å². The first-order valence-electron chi connectivity index (χ1n) is 6.37. The van der Waals surface area contributed by atoms with Crippen molar-refractivity contribution in [3.05, 3.63) is 40.8 Å². The van der Waals surface area contributed by atoms with Gasteiger partial charge in [-0.15, -0.1) is 0 Å². The number of hydrogen-bond acceptors (Lipinski definition) is 4. The van der Waals surface area contributed by atoms with Gasteiger partial charge < -0.3 is 10.5 Å². The molecule has 2 N–H and O–H groups in total. The molecule has 6 nitrogen and oxygen atoms in total. The lowest BCUT2D eigenvalue weighted by Gasteiger charge is -2.17. The number of rotatable bonds is 8. The van der Waals surface area contributed by atoms with Crippen molar-refractivity contribution in [1.29, 1.82) is 0 Å². The summed E-state index contributed by atoms with van der Waals surface area (Å²) >= 11 is 0. The zero-order valence-electron chi connectivity index (χ0n) is 12.2. The number of carbonyl (C=O) groups excluding carboxylic acids is 1. The molecule has 0 aromatic heterocycles. The van der Waals surface area contributed by atoms with E-state index in [1.165, 1.54) is 13.2 Å². The van der Waals surface area contributed by atoms with Gasteiger partial charge in [0.15, 0.2) is 0 Å². The third kappa shape index (κ3) is 6.07. The van der Waals surface area contributed by atoms with E-state index in [9.17, 15) is 13.2 Å². The van der Waals surface area contributed by atoms with Crippen LogP contribution in [0.1, 0.15) is 11.1 Å². The van der Waals surface area contributed by atoms with Crippen LogP contribution in [0.15, 0.2) is 29.7 Å². The Morgan fingerprint density at radius 1 is 1.33 bits per heavy atom. The fraction of sp³-hybridized carbons (Fsp3) is 0.357. The number of nitrogens with zero attached hydrogens (tertiary/aromatic N) is 1. The van der Waals surface area contributed by atoms with Crippen LogP contribution in [0.4, 0.5) is 0 Å². The highest BCUT2D eigenvalue weighted by Gasteiger charge is 2.20. The monoisotopic (exact) mass is 312 g/mol. The smallest absolute Gasteiger partial charge is 0.236 e. The Balaban J connectivity index is 2.88. The van der Waals surface area contributed by atoms with E-state index >= 15 is 0 Å². The maximum atomic E-state index is 12.2. The van der Waals surface area contributed by atoms with E-state index in [2.05, 4.69) is 0 Å². The van der Waals surface area contributed by atoms with Crippen LogP contribution >= 0.6 is 0 Å². The second-order valence-corrected chi connectivity index (χ2v) is 6.37. The average molecular weight is 312 g/mol. The molecule has 0 heterocycles. The van der Waals surface area contributed by atoms with E-state index in [4.69, 9.17) is 10.5 Å². The molecule has 116 valence electrons. The molecule has 0 aliphatic rings. The van der Waals surface area contributed by atoms with Gasteiger partial charge in [-0.3, -0.25) is 4.79 Å². The largest absolute Gasteiger partial charge is 0.383 e. The Hall–Kier alpha value is -1.70. The van der Waals surface area contributed by atoms with Gasteiger partial charge in [-0.1, -0.05) is 29.8 Å². The fourth-order valence-corrected chi connectivity index (χ4v) is 2.73. The summed E-state index contributed by atoms with van der Waals surface area (Å²) in [7, 11) is -2.27. The zero-order valence-corrected chi connectivity index (χ0v) is 13.0. The summed E-state index contributed by atoms with van der Waals surface area (Å²) in [5, 5.41) is 1.07. The van der Waals surface area contributed by atoms with Gasteiger partial charge in [0, 0.05) is 19.1 Å². The Morgan fingerprint density at radius 2 is 1.95 bits per heavy atom. The summed E-state index contributed by atoms with van der Waals surface area (Å²) < 4.78 is 30.2. The van der Waals surface area contributed by atoms with E-state index in [0.717, 1.165) is 20.8 Å². The number of amides is 1. The Bertz CT molecular complexity index is 594. The van der Waals surface area contributed by atoms with Crippen LogP contribution < -0.4 is 5.73 Å². The quantitative estimate of drug-likeness (QED) is 0.766. The molecular formula is C14H20N2O4S. The first-order valence-corrected chi connectivity index (χ1v) is 7.87. The first kappa shape index (κ1) is 17.4. The zero-order chi connectivity index (χ0) is 15.9. The normalized spacial score (nSPS) is 12.1. The van der Waals surface area contributed by atoms with E-state index in [1.54, 1.807) is 0 Å². The number of aryl methyl sites for hydroxylation is 1. The predicted octanol–water partition coefficient (Wildman–Crippen LogP) is 0.729. The summed E-state index contributed by atoms with van der Waals surface area (Å²) in [5.74, 6) is -0.710. The lowest BCUT2D eigenvalue weighted by atomic mass is 10.2. The number of hydrogen-bond donors (Lipinski definition) is 1. The lowest BCUT2D eigenvalue weighted by Crippen LogP contribution is -2.39. The molecule has 0 spiro atoms. The van der Waals surface area contributed by atoms with Crippen molar-refractivity contribution >= 4 is 22.0 Å². The number of nitrogens with two attached hydrogens (primary N) is 1. The van der Waals surface area contributed by atoms with Crippen molar-refractivity contribution in [1.82, 2.24) is 4.31 Å². The maximum Gasteiger partial charge on any atom is 0.236 e. The average Bonchev–Trinajstić information content (AvgIpc) is 2.42. The number of primary amides is 1. The van der Waals surface area contributed by atoms with Gasteiger partial charge >= 0.3 is 0 Å². The van der Waals surface area contributed by atoms with Gasteiger partial charge in [0.1, 0.15) is 0 Å². The van der Waals surface area contributed by atoms with Crippen LogP contribution in [0, 0.1) is 6.92 Å². The summed E-state index contributed by atoms with van der Waals surface area (Å²) in [5.41, 5.74) is 6.92. The molecule has 0 fully saturated rings. The molecular weight excluding hydrogens is 292 g/mol. The summed E-state index contributed by atoms with van der Waals surface area (Å²) in [6.07, 6.45) is 1.48. The van der Waals surface area contributed by atoms with E-state index in [1.807, 2.05) is 31.2 Å². The minimum Gasteiger partial charge on any atom is -0.383 e. The second-order valence-electron chi connectivity index (χ2n) is 4.55. The first-order chi connectivity index (χ1) is 9.85. The SMILES string of the molecule is COCCN(CC(N)=O)S(=O)(=O)/C=C/c1ccc(C)cc1. The van der Waals surface area contributed by atoms with Crippen LogP contribution in [-0.2, 0) is 19.6 Å². The van der Waals surface area contributed by atoms with E-state index < -0.39 is 15.9 Å². The molecule has 0 radical (unpaired) electrons. The third-order valence-electron chi connectivity index (χ3n) is 2.75. The molecule has 0 aliphatic carbocycles. The number of benzene rings is 1. The second kappa shape index (κ2) is 7.92. The topological polar surface area (TPSA) is 89.7 Å². The minimum atomic E-state index is -3.73. The standard InChI is InChI=1S/C14H20N2O4S/c1-12-3-5-13(6-4-12)7-10-21(18,19)16(8-9-20-2)11-14(15)17/h3-7,10H,8-9,11H2,1-2H3,(H2,15,17)/b10-7+. The lowest BCUT2D eigenvalue weighted by molar-refractivity contribution is -0.118. The molecule has 21 heavy (non-hydrogen) atoms. The molecule has 0 saturated carbocycles. The molecule has 0 saturated heterocycles. The van der Waals surface area contributed by atoms with Crippen LogP contribution in [0.5, 0.6) is 0 Å². The Kier molecular flexibility index (Phi) is 6.54. The van der Waals surface area contributed by atoms with Crippen LogP contribution in [0.25, 0.3) is 6.08 Å². The molecule has 7 heteroatoms. The van der Waals surface area contributed by atoms with Crippen molar-refractivity contribution < 1.29 is 17.9 Å². The molecule has 1 amide bonds. The minimum absolute atomic E-state index is 0.0695. The predicted molar refractivity (Wildman–Crippen MR) is 81.8 cm³/mol. The van der Waals surface area contributed by atoms with Crippen LogP contribution in [0.2, 0.25) is 0 Å². The van der Waals surface area contributed by atoms with Crippen LogP contribution in [0.3, 0.4) is 0 Å². The van der Waals surface area contributed by atoms with Gasteiger partial charge in [-0.25, -0.2) is 8.42 Å². The highest BCUT2D eigenvalue weighted by Crippen LogP contribution is 2.09. The van der Waals surface area contributed by atoms with Gasteiger partial charge in [-0.05, 0) is 18.6 Å². The van der Waals surface area contributed by atoms with Gasteiger partial charge in [-0.2, -0.15) is 4.31 Å². The summed E-state index contributed by atoms with van der Waals surface area (Å²) in [6, 6.07) is 7.40. The molecule has 1 aromatic carbocycles. The molecule has 0 aliphatic heterocycles. The highest BCUT2D eigenvalue weighted by molar-refractivity contribution is 7.92. The third-order valence-corrected chi connectivity index (χ3v) is 4.26. The Labute approximate surface area is 125 Å². The van der Waals surface area contributed by atoms with Crippen LogP contribution in [-0.4, -0.2) is 45.4 Å². The number of carbonyl (C=O) groups is 1. The van der Waals surface area contributed by atoms with Crippen molar-refractivity contribution in [2.75, 3.05) is 26.8 Å². The molecule has 0 atom stereocenters. The molecule has 0 unspecified atom stereocenters. The summed E-state index contributed by atoms with van der Waals surface area (Å²) in [4.78, 5) is 11.0. The van der Waals surface area contributed by atoms with Gasteiger partial charge in [0.05, 0.1) is 13.2 Å². The Morgan fingerprint density at radius 3 is 2.48 bits per heavy atom. The molecule has 1 rings (SSSR count). The van der Waals surface area contributed by atoms with Gasteiger partial charge in [0.2, 0.25) is 15.9 Å². The van der Waals surface area contributed by atoms with Crippen molar-refractivity contribution in [3.63, 3.8) is 0 Å². The van der Waals surface area contributed by atoms with Gasteiger partial charge in [0.25, 0.3) is 0 Å². The molecule has 0 bridgehead atoms. The van der Waals surface area contributed by atoms with Crippen molar-refractivity contribution in [2.24, 2.45) is 5.73 Å².